The number of piperidine rings is 3. The Morgan fingerprint density at radius 2 is 1.02 bits per heavy atom. The average molecular weight is 799 g/mol. The Hall–Kier alpha value is -3.70. The van der Waals surface area contributed by atoms with Crippen LogP contribution in [0.1, 0.15) is 60.0 Å². The van der Waals surface area contributed by atoms with E-state index in [9.17, 15) is 9.59 Å². The van der Waals surface area contributed by atoms with Crippen LogP contribution in [-0.2, 0) is 9.47 Å². The minimum Gasteiger partial charge on any atom is -1.00 e. The second-order valence-electron chi connectivity index (χ2n) is 17.1. The van der Waals surface area contributed by atoms with Gasteiger partial charge in [0.05, 0.1) is 19.1 Å². The number of nitrogens with zero attached hydrogens (tertiary/aromatic N) is 12. The molecule has 2 aromatic rings. The summed E-state index contributed by atoms with van der Waals surface area (Å²) in [6.45, 7) is 17.4. The van der Waals surface area contributed by atoms with Crippen LogP contribution in [-0.4, -0.2) is 153 Å². The standard InChI is InChI=1S/C12H18N4O2.C10H17NO2.C7H10N4.C6H14N4.2ClH/c1-12(2,3)18-11(17)15-4-8-9(5-15)10(8)16-6-13-14-7-16;1-10(2,3)13-9(12)11-5-7-4-8(7)6-11;1-5-6(2-8-1)7(5)11-3-9-10-4-11;1-9(2)5-7-8-6-10(3)4;;/h6-10H,4-5H2,1-3H3;7-8H,4-6H2,1-3H3;3-8H,1-2H2;5-6H,1-4H3;2*1H/b;;;7-5+,8-6+;;/t8-,9+,10?;7-,8+;5-,6+,7?;;;. The minimum absolute atomic E-state index is 0. The molecule has 8 atom stereocenters. The van der Waals surface area contributed by atoms with E-state index in [-0.39, 0.29) is 42.6 Å². The fourth-order valence-electron chi connectivity index (χ4n) is 7.25. The predicted molar refractivity (Wildman–Crippen MR) is 203 cm³/mol. The highest BCUT2D eigenvalue weighted by Crippen LogP contribution is 2.55. The molecule has 3 saturated heterocycles. The maximum atomic E-state index is 11.9. The Bertz CT molecular complexity index is 1460. The normalized spacial score (nSPS) is 28.0. The van der Waals surface area contributed by atoms with Crippen LogP contribution >= 0.6 is 12.4 Å². The topological polar surface area (TPSA) is 168 Å². The van der Waals surface area contributed by atoms with Crippen molar-refractivity contribution in [3.63, 3.8) is 0 Å². The van der Waals surface area contributed by atoms with Crippen LogP contribution in [0, 0.1) is 35.5 Å². The first kappa shape index (κ1) is 44.7. The number of carbonyl (C=O) groups is 2. The van der Waals surface area contributed by atoms with E-state index in [4.69, 9.17) is 9.47 Å². The predicted octanol–water partition coefficient (Wildman–Crippen LogP) is -0.662. The van der Waals surface area contributed by atoms with Gasteiger partial charge in [0, 0.05) is 84.1 Å². The zero-order valence-electron chi connectivity index (χ0n) is 33.4. The summed E-state index contributed by atoms with van der Waals surface area (Å²) in [6, 6.07) is 1.20. The van der Waals surface area contributed by atoms with Crippen molar-refractivity contribution in [2.45, 2.75) is 71.2 Å². The third-order valence-corrected chi connectivity index (χ3v) is 9.79. The lowest BCUT2D eigenvalue weighted by atomic mass is 10.2. The van der Waals surface area contributed by atoms with Gasteiger partial charge in [-0.15, -0.1) is 43.0 Å². The van der Waals surface area contributed by atoms with Gasteiger partial charge in [0.25, 0.3) is 0 Å². The lowest BCUT2D eigenvalue weighted by molar-refractivity contribution is -0.645. The molecule has 3 saturated carbocycles. The zero-order valence-corrected chi connectivity index (χ0v) is 35.0. The van der Waals surface area contributed by atoms with Gasteiger partial charge in [0.2, 0.25) is 0 Å². The van der Waals surface area contributed by atoms with Crippen LogP contribution in [0.2, 0.25) is 0 Å². The highest BCUT2D eigenvalue weighted by molar-refractivity contribution is 5.85. The van der Waals surface area contributed by atoms with Gasteiger partial charge in [0.1, 0.15) is 49.2 Å². The first-order chi connectivity index (χ1) is 24.5. The second-order valence-corrected chi connectivity index (χ2v) is 17.1. The molecule has 2 N–H and O–H groups in total. The molecule has 0 radical (unpaired) electrons. The van der Waals surface area contributed by atoms with E-state index in [1.807, 2.05) is 102 Å². The molecule has 0 spiro atoms. The number of rotatable bonds is 5. The molecule has 8 rings (SSSR count). The van der Waals surface area contributed by atoms with Crippen molar-refractivity contribution >= 4 is 37.3 Å². The van der Waals surface area contributed by atoms with E-state index in [1.54, 1.807) is 30.2 Å². The van der Waals surface area contributed by atoms with Crippen molar-refractivity contribution in [2.24, 2.45) is 45.7 Å². The van der Waals surface area contributed by atoms with Crippen molar-refractivity contribution in [3.8, 4) is 0 Å². The molecule has 2 amide bonds. The molecule has 17 nitrogen and oxygen atoms in total. The van der Waals surface area contributed by atoms with E-state index in [0.29, 0.717) is 17.9 Å². The highest BCUT2D eigenvalue weighted by Gasteiger charge is 2.58. The van der Waals surface area contributed by atoms with Crippen molar-refractivity contribution < 1.29 is 36.8 Å². The number of nitrogens with two attached hydrogens (primary N) is 1. The summed E-state index contributed by atoms with van der Waals surface area (Å²) in [5.41, 5.74) is -0.776. The smallest absolute Gasteiger partial charge is 0.410 e. The summed E-state index contributed by atoms with van der Waals surface area (Å²) in [7, 11) is 7.59. The van der Waals surface area contributed by atoms with E-state index >= 15 is 0 Å². The number of carbonyl (C=O) groups excluding carboxylic acids is 2. The summed E-state index contributed by atoms with van der Waals surface area (Å²) in [5.74, 6) is 4.46. The number of hydrogen-bond acceptors (Lipinski definition) is 10. The number of aromatic nitrogens is 6. The Balaban J connectivity index is 0.000000197. The maximum Gasteiger partial charge on any atom is 0.410 e. The molecular formula is C35H61Cl2N13O4. The van der Waals surface area contributed by atoms with Gasteiger partial charge < -0.3 is 55.9 Å². The minimum atomic E-state index is -0.419. The Labute approximate surface area is 332 Å². The zero-order chi connectivity index (χ0) is 37.8. The molecule has 2 unspecified atom stereocenters. The first-order valence-electron chi connectivity index (χ1n) is 18.4. The van der Waals surface area contributed by atoms with Crippen molar-refractivity contribution in [3.05, 3.63) is 25.3 Å². The van der Waals surface area contributed by atoms with Gasteiger partial charge in [0.15, 0.2) is 0 Å². The number of fused-ring (bicyclic) bond motifs is 3. The monoisotopic (exact) mass is 797 g/mol. The van der Waals surface area contributed by atoms with Gasteiger partial charge in [-0.2, -0.15) is 0 Å². The molecule has 5 heterocycles. The highest BCUT2D eigenvalue weighted by atomic mass is 35.5. The Morgan fingerprint density at radius 1 is 0.667 bits per heavy atom. The number of halogens is 2. The molecule has 2 aromatic heterocycles. The number of hydrogen-bond donors (Lipinski definition) is 1. The summed E-state index contributed by atoms with van der Waals surface area (Å²) in [4.78, 5) is 30.7. The van der Waals surface area contributed by atoms with Crippen molar-refractivity contribution in [2.75, 3.05) is 67.5 Å². The second kappa shape index (κ2) is 18.8. The summed E-state index contributed by atoms with van der Waals surface area (Å²) in [5, 5.41) is 25.1. The molecule has 6 fully saturated rings. The fraction of sp³-hybridized carbons (Fsp3) is 0.771. The molecule has 19 heteroatoms. The Kier molecular flexibility index (Phi) is 15.5. The quantitative estimate of drug-likeness (QED) is 0.233. The molecule has 54 heavy (non-hydrogen) atoms. The van der Waals surface area contributed by atoms with Crippen LogP contribution in [0.3, 0.4) is 0 Å². The van der Waals surface area contributed by atoms with Crippen molar-refractivity contribution in [1.29, 1.82) is 0 Å². The van der Waals surface area contributed by atoms with Crippen LogP contribution in [0.25, 0.3) is 0 Å². The van der Waals surface area contributed by atoms with E-state index in [1.165, 1.54) is 19.5 Å². The third kappa shape index (κ3) is 13.0. The lowest BCUT2D eigenvalue weighted by Crippen LogP contribution is -3.00. The van der Waals surface area contributed by atoms with Crippen LogP contribution in [0.5, 0.6) is 0 Å². The van der Waals surface area contributed by atoms with Crippen LogP contribution < -0.4 is 17.7 Å². The number of amides is 2. The Morgan fingerprint density at radius 3 is 1.37 bits per heavy atom. The van der Waals surface area contributed by atoms with E-state index in [2.05, 4.69) is 40.5 Å². The lowest BCUT2D eigenvalue weighted by Gasteiger charge is -2.25. The van der Waals surface area contributed by atoms with Gasteiger partial charge >= 0.3 is 12.2 Å². The molecule has 3 aliphatic heterocycles. The average Bonchev–Trinajstić information content (AvgIpc) is 3.69. The van der Waals surface area contributed by atoms with Gasteiger partial charge in [-0.25, -0.2) is 9.59 Å². The molecular weight excluding hydrogens is 737 g/mol. The number of ether oxygens (including phenoxy) is 2. The van der Waals surface area contributed by atoms with E-state index in [0.717, 1.165) is 55.9 Å². The summed E-state index contributed by atoms with van der Waals surface area (Å²) < 4.78 is 14.8. The van der Waals surface area contributed by atoms with Crippen molar-refractivity contribution in [1.82, 2.24) is 49.1 Å². The first-order valence-corrected chi connectivity index (χ1v) is 18.4. The summed E-state index contributed by atoms with van der Waals surface area (Å²) in [6.07, 6.45) is 11.4. The molecule has 3 aliphatic carbocycles. The number of likely N-dealkylation sites (tertiary alicyclic amines) is 2. The maximum absolute atomic E-state index is 11.9. The third-order valence-electron chi connectivity index (χ3n) is 9.79. The fourth-order valence-corrected chi connectivity index (χ4v) is 7.25. The van der Waals surface area contributed by atoms with Crippen LogP contribution in [0.15, 0.2) is 35.5 Å². The van der Waals surface area contributed by atoms with Crippen LogP contribution in [0.4, 0.5) is 9.59 Å². The van der Waals surface area contributed by atoms with E-state index < -0.39 is 5.60 Å². The SMILES string of the molecule is CC(C)(C)OC(=O)N1C[C@@H]2C(n3cnnc3)[C@@H]2C1.CC(C)(C)OC(=O)N1C[C@H]2C[C@H]2C1.CN(C)/C=N/N=C/N(C)C.Cl.[Cl-].c1nncn1C1[C@H]2C[NH2+]C[C@@H]12. The van der Waals surface area contributed by atoms with Gasteiger partial charge in [-0.1, -0.05) is 0 Å². The molecule has 6 aliphatic rings. The molecule has 0 bridgehead atoms. The molecule has 304 valence electrons. The largest absolute Gasteiger partial charge is 1.00 e. The molecule has 0 aromatic carbocycles. The number of quaternary nitrogens is 1. The van der Waals surface area contributed by atoms with Gasteiger partial charge in [-0.05, 0) is 59.8 Å². The summed E-state index contributed by atoms with van der Waals surface area (Å²) >= 11 is 0. The van der Waals surface area contributed by atoms with Gasteiger partial charge in [-0.3, -0.25) is 0 Å².